The van der Waals surface area contributed by atoms with Crippen LogP contribution < -0.4 is 0 Å². The molecule has 1 aromatic carbocycles. The minimum Gasteiger partial charge on any atom is -0.415 e. The lowest BCUT2D eigenvalue weighted by molar-refractivity contribution is -0.131. The molecule has 0 bridgehead atoms. The van der Waals surface area contributed by atoms with E-state index in [4.69, 9.17) is 4.42 Å². The standard InChI is InChI=1S/C19H25N3O2S/c1-19(2,3)17-20-21-18(24-17)25-15(14-10-6-4-7-11-14)16(23)22-12-8-5-9-13-22/h4,6-7,10-11,15H,5,8-9,12-13H2,1-3H3/t15-/m0/s1. The Kier molecular flexibility index (Phi) is 5.47. The van der Waals surface area contributed by atoms with Gasteiger partial charge >= 0.3 is 0 Å². The van der Waals surface area contributed by atoms with Gasteiger partial charge in [-0.15, -0.1) is 10.2 Å². The predicted molar refractivity (Wildman–Crippen MR) is 98.5 cm³/mol. The summed E-state index contributed by atoms with van der Waals surface area (Å²) >= 11 is 1.35. The number of hydrogen-bond acceptors (Lipinski definition) is 5. The van der Waals surface area contributed by atoms with Crippen molar-refractivity contribution < 1.29 is 9.21 Å². The molecule has 5 nitrogen and oxygen atoms in total. The maximum absolute atomic E-state index is 13.1. The van der Waals surface area contributed by atoms with E-state index in [1.165, 1.54) is 18.2 Å². The van der Waals surface area contributed by atoms with Gasteiger partial charge in [-0.05, 0) is 36.6 Å². The summed E-state index contributed by atoms with van der Waals surface area (Å²) in [6, 6.07) is 9.85. The smallest absolute Gasteiger partial charge is 0.277 e. The van der Waals surface area contributed by atoms with E-state index in [0.717, 1.165) is 31.5 Å². The molecule has 1 aromatic heterocycles. The van der Waals surface area contributed by atoms with Gasteiger partial charge in [0.2, 0.25) is 11.8 Å². The Bertz CT molecular complexity index is 703. The van der Waals surface area contributed by atoms with Gasteiger partial charge in [0, 0.05) is 18.5 Å². The summed E-state index contributed by atoms with van der Waals surface area (Å²) in [5.41, 5.74) is 0.767. The Morgan fingerprint density at radius 3 is 2.40 bits per heavy atom. The molecule has 25 heavy (non-hydrogen) atoms. The van der Waals surface area contributed by atoms with E-state index in [1.807, 2.05) is 56.0 Å². The summed E-state index contributed by atoms with van der Waals surface area (Å²) in [7, 11) is 0. The molecule has 2 aromatic rings. The van der Waals surface area contributed by atoms with Crippen LogP contribution in [0.15, 0.2) is 40.0 Å². The zero-order valence-electron chi connectivity index (χ0n) is 15.1. The van der Waals surface area contributed by atoms with Gasteiger partial charge in [-0.3, -0.25) is 4.79 Å². The van der Waals surface area contributed by atoms with Crippen LogP contribution in [0, 0.1) is 0 Å². The zero-order chi connectivity index (χ0) is 17.9. The summed E-state index contributed by atoms with van der Waals surface area (Å²) < 4.78 is 5.81. The monoisotopic (exact) mass is 359 g/mol. The van der Waals surface area contributed by atoms with Crippen LogP contribution in [0.1, 0.15) is 56.7 Å². The molecule has 3 rings (SSSR count). The molecule has 1 fully saturated rings. The van der Waals surface area contributed by atoms with E-state index in [1.54, 1.807) is 0 Å². The van der Waals surface area contributed by atoms with Gasteiger partial charge in [-0.2, -0.15) is 0 Å². The number of hydrogen-bond donors (Lipinski definition) is 0. The summed E-state index contributed by atoms with van der Waals surface area (Å²) in [6.07, 6.45) is 3.35. The summed E-state index contributed by atoms with van der Waals surface area (Å²) in [6.45, 7) is 7.76. The number of likely N-dealkylation sites (tertiary alicyclic amines) is 1. The van der Waals surface area contributed by atoms with E-state index < -0.39 is 0 Å². The first-order chi connectivity index (χ1) is 11.9. The molecular weight excluding hydrogens is 334 g/mol. The highest BCUT2D eigenvalue weighted by atomic mass is 32.2. The second kappa shape index (κ2) is 7.60. The number of carbonyl (C=O) groups is 1. The second-order valence-corrected chi connectivity index (χ2v) is 8.47. The molecule has 0 N–H and O–H groups in total. The minimum absolute atomic E-state index is 0.131. The zero-order valence-corrected chi connectivity index (χ0v) is 15.9. The molecule has 1 saturated heterocycles. The average Bonchev–Trinajstić information content (AvgIpc) is 3.10. The molecule has 0 radical (unpaired) electrons. The number of rotatable bonds is 4. The number of amides is 1. The van der Waals surface area contributed by atoms with Crippen LogP contribution in [-0.2, 0) is 10.2 Å². The molecule has 6 heteroatoms. The van der Waals surface area contributed by atoms with Gasteiger partial charge in [0.05, 0.1) is 0 Å². The fourth-order valence-corrected chi connectivity index (χ4v) is 3.79. The van der Waals surface area contributed by atoms with Crippen LogP contribution in [0.4, 0.5) is 0 Å². The van der Waals surface area contributed by atoms with Crippen LogP contribution in [0.25, 0.3) is 0 Å². The van der Waals surface area contributed by atoms with Crippen LogP contribution in [-0.4, -0.2) is 34.1 Å². The van der Waals surface area contributed by atoms with Crippen LogP contribution >= 0.6 is 11.8 Å². The summed E-state index contributed by atoms with van der Waals surface area (Å²) in [4.78, 5) is 15.1. The largest absolute Gasteiger partial charge is 0.415 e. The lowest BCUT2D eigenvalue weighted by Crippen LogP contribution is -2.38. The molecule has 0 unspecified atom stereocenters. The first-order valence-corrected chi connectivity index (χ1v) is 9.67. The van der Waals surface area contributed by atoms with Crippen molar-refractivity contribution in [3.8, 4) is 0 Å². The average molecular weight is 359 g/mol. The lowest BCUT2D eigenvalue weighted by atomic mass is 9.97. The number of benzene rings is 1. The lowest BCUT2D eigenvalue weighted by Gasteiger charge is -2.30. The predicted octanol–water partition coefficient (Wildman–Crippen LogP) is 4.21. The van der Waals surface area contributed by atoms with Crippen LogP contribution in [0.3, 0.4) is 0 Å². The third-order valence-corrected chi connectivity index (χ3v) is 5.34. The molecule has 0 aliphatic carbocycles. The van der Waals surface area contributed by atoms with E-state index in [9.17, 15) is 4.79 Å². The van der Waals surface area contributed by atoms with Crippen LogP contribution in [0.5, 0.6) is 0 Å². The van der Waals surface area contributed by atoms with Gasteiger partial charge in [0.1, 0.15) is 5.25 Å². The maximum atomic E-state index is 13.1. The molecule has 134 valence electrons. The Balaban J connectivity index is 1.84. The molecule has 1 aliphatic heterocycles. The van der Waals surface area contributed by atoms with Gasteiger partial charge in [0.25, 0.3) is 5.22 Å². The van der Waals surface area contributed by atoms with Crippen LogP contribution in [0.2, 0.25) is 0 Å². The third kappa shape index (κ3) is 4.42. The van der Waals surface area contributed by atoms with Crippen molar-refractivity contribution in [2.75, 3.05) is 13.1 Å². The highest BCUT2D eigenvalue weighted by Crippen LogP contribution is 2.37. The topological polar surface area (TPSA) is 59.2 Å². The summed E-state index contributed by atoms with van der Waals surface area (Å²) in [5.74, 6) is 0.721. The molecule has 0 spiro atoms. The maximum Gasteiger partial charge on any atom is 0.277 e. The molecule has 1 aliphatic rings. The van der Waals surface area contributed by atoms with Gasteiger partial charge in [-0.1, -0.05) is 51.1 Å². The fraction of sp³-hybridized carbons (Fsp3) is 0.526. The Morgan fingerprint density at radius 2 is 1.80 bits per heavy atom. The molecule has 1 atom stereocenters. The van der Waals surface area contributed by atoms with E-state index in [2.05, 4.69) is 10.2 Å². The van der Waals surface area contributed by atoms with Gasteiger partial charge < -0.3 is 9.32 Å². The highest BCUT2D eigenvalue weighted by Gasteiger charge is 2.30. The van der Waals surface area contributed by atoms with E-state index in [-0.39, 0.29) is 16.6 Å². The normalized spacial score (nSPS) is 16.7. The number of thioether (sulfide) groups is 1. The highest BCUT2D eigenvalue weighted by molar-refractivity contribution is 8.00. The van der Waals surface area contributed by atoms with Crippen molar-refractivity contribution in [3.63, 3.8) is 0 Å². The number of carbonyl (C=O) groups excluding carboxylic acids is 1. The second-order valence-electron chi connectivity index (χ2n) is 7.42. The Labute approximate surface area is 153 Å². The van der Waals surface area contributed by atoms with Crippen molar-refractivity contribution >= 4 is 17.7 Å². The molecular formula is C19H25N3O2S. The van der Waals surface area contributed by atoms with Crippen molar-refractivity contribution in [1.29, 1.82) is 0 Å². The van der Waals surface area contributed by atoms with Crippen molar-refractivity contribution in [2.45, 2.75) is 55.9 Å². The first-order valence-electron chi connectivity index (χ1n) is 8.79. The molecule has 0 saturated carbocycles. The van der Waals surface area contributed by atoms with Gasteiger partial charge in [-0.25, -0.2) is 0 Å². The van der Waals surface area contributed by atoms with E-state index in [0.29, 0.717) is 11.1 Å². The first kappa shape index (κ1) is 18.0. The minimum atomic E-state index is -0.354. The van der Waals surface area contributed by atoms with Crippen molar-refractivity contribution in [1.82, 2.24) is 15.1 Å². The van der Waals surface area contributed by atoms with Crippen molar-refractivity contribution in [2.24, 2.45) is 0 Å². The number of piperidine rings is 1. The van der Waals surface area contributed by atoms with Gasteiger partial charge in [0.15, 0.2) is 0 Å². The summed E-state index contributed by atoms with van der Waals surface area (Å²) in [5, 5.41) is 8.39. The Hall–Kier alpha value is -1.82. The van der Waals surface area contributed by atoms with Crippen molar-refractivity contribution in [3.05, 3.63) is 41.8 Å². The quantitative estimate of drug-likeness (QED) is 0.765. The SMILES string of the molecule is CC(C)(C)c1nnc(S[C@H](C(=O)N2CCCCC2)c2ccccc2)o1. The fourth-order valence-electron chi connectivity index (χ4n) is 2.83. The number of aromatic nitrogens is 2. The number of nitrogens with zero attached hydrogens (tertiary/aromatic N) is 3. The Morgan fingerprint density at radius 1 is 1.12 bits per heavy atom. The molecule has 1 amide bonds. The van der Waals surface area contributed by atoms with E-state index >= 15 is 0 Å². The third-order valence-electron chi connectivity index (χ3n) is 4.26. The molecule has 2 heterocycles.